The summed E-state index contributed by atoms with van der Waals surface area (Å²) in [5, 5.41) is 0.549. The van der Waals surface area contributed by atoms with Gasteiger partial charge in [-0.2, -0.15) is 0 Å². The summed E-state index contributed by atoms with van der Waals surface area (Å²) in [5.74, 6) is 5.66. The van der Waals surface area contributed by atoms with E-state index in [0.717, 1.165) is 11.1 Å². The van der Waals surface area contributed by atoms with Crippen LogP contribution in [0.25, 0.3) is 0 Å². The molecule has 3 nitrogen and oxygen atoms in total. The fourth-order valence-corrected chi connectivity index (χ4v) is 2.32. The molecule has 0 aliphatic carbocycles. The minimum Gasteiger partial charge on any atom is -0.495 e. The van der Waals surface area contributed by atoms with Crippen LogP contribution in [0.15, 0.2) is 36.4 Å². The van der Waals surface area contributed by atoms with Crippen LogP contribution in [0, 0.1) is 5.82 Å². The Kier molecular flexibility index (Phi) is 4.83. The molecule has 2 aromatic carbocycles. The molecule has 106 valence electrons. The van der Waals surface area contributed by atoms with Gasteiger partial charge < -0.3 is 4.74 Å². The number of benzene rings is 2. The second-order valence-corrected chi connectivity index (χ2v) is 4.98. The van der Waals surface area contributed by atoms with E-state index >= 15 is 0 Å². The van der Waals surface area contributed by atoms with E-state index in [9.17, 15) is 4.39 Å². The van der Waals surface area contributed by atoms with Crippen LogP contribution in [-0.4, -0.2) is 7.11 Å². The summed E-state index contributed by atoms with van der Waals surface area (Å²) in [4.78, 5) is 0. The molecular weight excluding hydrogens is 302 g/mol. The fourth-order valence-electron chi connectivity index (χ4n) is 1.93. The standard InChI is InChI=1S/C14H13Cl2FN2O/c1-20-13-7-9(2-4-10(13)15)14(19-18)8-3-5-12(17)11(16)6-8/h2-7,14,19H,18H2,1H3. The van der Waals surface area contributed by atoms with Crippen LogP contribution < -0.4 is 16.0 Å². The predicted molar refractivity (Wildman–Crippen MR) is 78.6 cm³/mol. The predicted octanol–water partition coefficient (Wildman–Crippen LogP) is 3.69. The van der Waals surface area contributed by atoms with E-state index in [2.05, 4.69) is 5.43 Å². The van der Waals surface area contributed by atoms with Crippen LogP contribution in [0.3, 0.4) is 0 Å². The molecule has 0 heterocycles. The second-order valence-electron chi connectivity index (χ2n) is 4.17. The molecule has 0 saturated heterocycles. The van der Waals surface area contributed by atoms with E-state index in [1.54, 1.807) is 18.2 Å². The summed E-state index contributed by atoms with van der Waals surface area (Å²) >= 11 is 11.8. The van der Waals surface area contributed by atoms with Crippen molar-refractivity contribution in [3.63, 3.8) is 0 Å². The third-order valence-corrected chi connectivity index (χ3v) is 3.55. The molecule has 1 unspecified atom stereocenters. The first-order valence-electron chi connectivity index (χ1n) is 5.81. The Bertz CT molecular complexity index is 622. The molecule has 0 amide bonds. The Balaban J connectivity index is 2.43. The summed E-state index contributed by atoms with van der Waals surface area (Å²) < 4.78 is 18.4. The average Bonchev–Trinajstić information content (AvgIpc) is 2.45. The highest BCUT2D eigenvalue weighted by Gasteiger charge is 2.15. The topological polar surface area (TPSA) is 47.3 Å². The zero-order valence-electron chi connectivity index (χ0n) is 10.7. The normalized spacial score (nSPS) is 12.2. The molecule has 0 aliphatic heterocycles. The van der Waals surface area contributed by atoms with E-state index in [1.165, 1.54) is 19.2 Å². The molecule has 6 heteroatoms. The third-order valence-electron chi connectivity index (χ3n) is 2.95. The smallest absolute Gasteiger partial charge is 0.141 e. The lowest BCUT2D eigenvalue weighted by Crippen LogP contribution is -2.28. The molecule has 0 saturated carbocycles. The van der Waals surface area contributed by atoms with E-state index in [0.29, 0.717) is 10.8 Å². The van der Waals surface area contributed by atoms with Gasteiger partial charge in [-0.25, -0.2) is 9.82 Å². The van der Waals surface area contributed by atoms with Crippen molar-refractivity contribution in [2.75, 3.05) is 7.11 Å². The molecule has 2 rings (SSSR count). The SMILES string of the molecule is COc1cc(C(NN)c2ccc(F)c(Cl)c2)ccc1Cl. The number of halogens is 3. The summed E-state index contributed by atoms with van der Waals surface area (Å²) in [7, 11) is 1.53. The number of nitrogens with two attached hydrogens (primary N) is 1. The lowest BCUT2D eigenvalue weighted by atomic mass is 9.99. The second kappa shape index (κ2) is 6.41. The number of hydrogen-bond donors (Lipinski definition) is 2. The van der Waals surface area contributed by atoms with Gasteiger partial charge in [-0.15, -0.1) is 0 Å². The van der Waals surface area contributed by atoms with Gasteiger partial charge in [0.2, 0.25) is 0 Å². The zero-order valence-corrected chi connectivity index (χ0v) is 12.2. The van der Waals surface area contributed by atoms with Crippen LogP contribution in [0.2, 0.25) is 10.0 Å². The molecule has 0 radical (unpaired) electrons. The van der Waals surface area contributed by atoms with Gasteiger partial charge in [0.05, 0.1) is 23.2 Å². The van der Waals surface area contributed by atoms with Gasteiger partial charge in [-0.05, 0) is 35.4 Å². The Morgan fingerprint density at radius 1 is 1.10 bits per heavy atom. The molecule has 0 aromatic heterocycles. The van der Waals surface area contributed by atoms with Crippen LogP contribution in [0.4, 0.5) is 4.39 Å². The van der Waals surface area contributed by atoms with Crippen LogP contribution in [0.1, 0.15) is 17.2 Å². The average molecular weight is 315 g/mol. The Hall–Kier alpha value is -1.33. The van der Waals surface area contributed by atoms with Gasteiger partial charge >= 0.3 is 0 Å². The molecular formula is C14H13Cl2FN2O. The van der Waals surface area contributed by atoms with Gasteiger partial charge in [-0.1, -0.05) is 35.3 Å². The largest absolute Gasteiger partial charge is 0.495 e. The lowest BCUT2D eigenvalue weighted by molar-refractivity contribution is 0.414. The van der Waals surface area contributed by atoms with Crippen LogP contribution >= 0.6 is 23.2 Å². The monoisotopic (exact) mass is 314 g/mol. The molecule has 20 heavy (non-hydrogen) atoms. The van der Waals surface area contributed by atoms with Crippen molar-refractivity contribution in [1.82, 2.24) is 5.43 Å². The Morgan fingerprint density at radius 3 is 2.35 bits per heavy atom. The maximum absolute atomic E-state index is 13.2. The Labute approximate surface area is 126 Å². The molecule has 0 spiro atoms. The van der Waals surface area contributed by atoms with E-state index in [-0.39, 0.29) is 11.1 Å². The maximum atomic E-state index is 13.2. The quantitative estimate of drug-likeness (QED) is 0.668. The highest BCUT2D eigenvalue weighted by Crippen LogP contribution is 2.31. The molecule has 1 atom stereocenters. The van der Waals surface area contributed by atoms with Gasteiger partial charge in [0, 0.05) is 0 Å². The van der Waals surface area contributed by atoms with E-state index < -0.39 is 5.82 Å². The summed E-state index contributed by atoms with van der Waals surface area (Å²) in [5.41, 5.74) is 4.24. The van der Waals surface area contributed by atoms with Gasteiger partial charge in [0.15, 0.2) is 0 Å². The van der Waals surface area contributed by atoms with Crippen molar-refractivity contribution >= 4 is 23.2 Å². The van der Waals surface area contributed by atoms with Gasteiger partial charge in [0.25, 0.3) is 0 Å². The first kappa shape index (κ1) is 15.1. The highest BCUT2D eigenvalue weighted by atomic mass is 35.5. The van der Waals surface area contributed by atoms with Crippen molar-refractivity contribution in [2.45, 2.75) is 6.04 Å². The van der Waals surface area contributed by atoms with Crippen molar-refractivity contribution in [2.24, 2.45) is 5.84 Å². The minimum absolute atomic E-state index is 0.0451. The number of rotatable bonds is 4. The number of nitrogens with one attached hydrogen (secondary N) is 1. The Morgan fingerprint density at radius 2 is 1.75 bits per heavy atom. The van der Waals surface area contributed by atoms with Crippen LogP contribution in [0.5, 0.6) is 5.75 Å². The summed E-state index contributed by atoms with van der Waals surface area (Å²) in [6, 6.07) is 9.39. The zero-order chi connectivity index (χ0) is 14.7. The van der Waals surface area contributed by atoms with Gasteiger partial charge in [-0.3, -0.25) is 5.84 Å². The van der Waals surface area contributed by atoms with Crippen LogP contribution in [-0.2, 0) is 0 Å². The highest BCUT2D eigenvalue weighted by molar-refractivity contribution is 6.32. The van der Waals surface area contributed by atoms with Crippen molar-refractivity contribution in [3.8, 4) is 5.75 Å². The minimum atomic E-state index is -0.472. The van der Waals surface area contributed by atoms with Gasteiger partial charge in [0.1, 0.15) is 11.6 Å². The molecule has 3 N–H and O–H groups in total. The molecule has 2 aromatic rings. The molecule has 0 aliphatic rings. The lowest BCUT2D eigenvalue weighted by Gasteiger charge is -2.18. The van der Waals surface area contributed by atoms with Crippen molar-refractivity contribution < 1.29 is 9.13 Å². The van der Waals surface area contributed by atoms with E-state index in [1.807, 2.05) is 6.07 Å². The number of hydrazine groups is 1. The molecule has 0 fully saturated rings. The number of ether oxygens (including phenoxy) is 1. The number of hydrogen-bond acceptors (Lipinski definition) is 3. The number of methoxy groups -OCH3 is 1. The van der Waals surface area contributed by atoms with Crippen molar-refractivity contribution in [1.29, 1.82) is 0 Å². The third kappa shape index (κ3) is 3.04. The summed E-state index contributed by atoms with van der Waals surface area (Å²) in [6.07, 6.45) is 0. The van der Waals surface area contributed by atoms with Crippen molar-refractivity contribution in [3.05, 3.63) is 63.4 Å². The summed E-state index contributed by atoms with van der Waals surface area (Å²) in [6.45, 7) is 0. The fraction of sp³-hybridized carbons (Fsp3) is 0.143. The van der Waals surface area contributed by atoms with E-state index in [4.69, 9.17) is 33.8 Å². The molecule has 0 bridgehead atoms. The first-order chi connectivity index (χ1) is 9.56. The first-order valence-corrected chi connectivity index (χ1v) is 6.57. The maximum Gasteiger partial charge on any atom is 0.141 e.